The van der Waals surface area contributed by atoms with E-state index in [9.17, 15) is 13.2 Å². The van der Waals surface area contributed by atoms with Gasteiger partial charge in [-0.3, -0.25) is 5.84 Å². The van der Waals surface area contributed by atoms with Gasteiger partial charge in [-0.15, -0.1) is 0 Å². The highest BCUT2D eigenvalue weighted by atomic mass is 79.9. The molecule has 0 saturated carbocycles. The molecule has 1 atom stereocenters. The smallest absolute Gasteiger partial charge is 0.271 e. The van der Waals surface area contributed by atoms with E-state index in [1.165, 1.54) is 5.38 Å². The highest BCUT2D eigenvalue weighted by Gasteiger charge is 2.36. The molecule has 0 aliphatic carbocycles. The fourth-order valence-corrected chi connectivity index (χ4v) is 3.58. The monoisotopic (exact) mass is 364 g/mol. The largest absolute Gasteiger partial charge is 0.417 e. The first-order valence-electron chi connectivity index (χ1n) is 5.70. The Balaban J connectivity index is 2.51. The van der Waals surface area contributed by atoms with E-state index in [1.807, 2.05) is 19.1 Å². The average molecular weight is 365 g/mol. The lowest BCUT2D eigenvalue weighted by Gasteiger charge is -2.20. The summed E-state index contributed by atoms with van der Waals surface area (Å²) in [6.07, 6.45) is -4.39. The first kappa shape index (κ1) is 15.5. The molecule has 3 N–H and O–H groups in total. The summed E-state index contributed by atoms with van der Waals surface area (Å²) in [5, 5.41) is 2.57. The van der Waals surface area contributed by atoms with E-state index in [1.54, 1.807) is 6.07 Å². The zero-order chi connectivity index (χ0) is 14.9. The second kappa shape index (κ2) is 5.85. The third-order valence-corrected chi connectivity index (χ3v) is 4.39. The Bertz CT molecular complexity index is 610. The minimum absolute atomic E-state index is 0.134. The number of hydrogen-bond donors (Lipinski definition) is 2. The molecule has 0 spiro atoms. The van der Waals surface area contributed by atoms with Crippen molar-refractivity contribution in [3.63, 3.8) is 0 Å². The standard InChI is InChI=1S/C13H12BrF3N2S/c1-7-2-3-8(11(14)4-7)12(19-18)9-5-20-6-10(9)13(15,16)17/h2-6,12,19H,18H2,1H3. The molecule has 1 aromatic carbocycles. The topological polar surface area (TPSA) is 38.0 Å². The van der Waals surface area contributed by atoms with Gasteiger partial charge in [-0.25, -0.2) is 5.43 Å². The van der Waals surface area contributed by atoms with Crippen LogP contribution in [0.1, 0.15) is 28.3 Å². The maximum Gasteiger partial charge on any atom is 0.417 e. The number of hydrazine groups is 1. The molecule has 2 nitrogen and oxygen atoms in total. The molecule has 1 aromatic heterocycles. The van der Waals surface area contributed by atoms with Crippen molar-refractivity contribution in [2.24, 2.45) is 5.84 Å². The average Bonchev–Trinajstić information content (AvgIpc) is 2.81. The van der Waals surface area contributed by atoms with Crippen LogP contribution in [0, 0.1) is 6.92 Å². The number of nitrogens with one attached hydrogen (secondary N) is 1. The predicted molar refractivity (Wildman–Crippen MR) is 77.4 cm³/mol. The van der Waals surface area contributed by atoms with Crippen molar-refractivity contribution in [2.75, 3.05) is 0 Å². The summed E-state index contributed by atoms with van der Waals surface area (Å²) in [5.41, 5.74) is 3.63. The normalized spacial score (nSPS) is 13.5. The Kier molecular flexibility index (Phi) is 4.53. The van der Waals surface area contributed by atoms with Gasteiger partial charge in [0.15, 0.2) is 0 Å². The Morgan fingerprint density at radius 1 is 1.25 bits per heavy atom. The van der Waals surface area contributed by atoms with Crippen LogP contribution in [0.15, 0.2) is 33.4 Å². The minimum Gasteiger partial charge on any atom is -0.271 e. The zero-order valence-electron chi connectivity index (χ0n) is 10.5. The summed E-state index contributed by atoms with van der Waals surface area (Å²) in [5.74, 6) is 5.48. The van der Waals surface area contributed by atoms with Crippen molar-refractivity contribution >= 4 is 27.3 Å². The summed E-state index contributed by atoms with van der Waals surface area (Å²) in [7, 11) is 0. The molecule has 0 saturated heterocycles. The van der Waals surface area contributed by atoms with Gasteiger partial charge in [-0.1, -0.05) is 28.1 Å². The fraction of sp³-hybridized carbons (Fsp3) is 0.231. The molecule has 108 valence electrons. The Morgan fingerprint density at radius 2 is 1.95 bits per heavy atom. The molecule has 7 heteroatoms. The number of thiophene rings is 1. The number of alkyl halides is 3. The van der Waals surface area contributed by atoms with Crippen molar-refractivity contribution in [1.29, 1.82) is 0 Å². The number of benzene rings is 1. The number of rotatable bonds is 3. The van der Waals surface area contributed by atoms with Gasteiger partial charge < -0.3 is 0 Å². The fourth-order valence-electron chi connectivity index (χ4n) is 1.97. The molecule has 0 bridgehead atoms. The van der Waals surface area contributed by atoms with Crippen LogP contribution < -0.4 is 11.3 Å². The van der Waals surface area contributed by atoms with E-state index in [0.717, 1.165) is 26.8 Å². The zero-order valence-corrected chi connectivity index (χ0v) is 12.9. The maximum atomic E-state index is 13.0. The number of hydrogen-bond acceptors (Lipinski definition) is 3. The molecule has 1 unspecified atom stereocenters. The van der Waals surface area contributed by atoms with Crippen LogP contribution in [0.3, 0.4) is 0 Å². The van der Waals surface area contributed by atoms with Crippen LogP contribution in [0.2, 0.25) is 0 Å². The molecule has 0 fully saturated rings. The van der Waals surface area contributed by atoms with E-state index < -0.39 is 17.8 Å². The van der Waals surface area contributed by atoms with Gasteiger partial charge in [0.25, 0.3) is 0 Å². The van der Waals surface area contributed by atoms with Crippen molar-refractivity contribution in [3.8, 4) is 0 Å². The quantitative estimate of drug-likeness (QED) is 0.626. The van der Waals surface area contributed by atoms with Crippen LogP contribution in [-0.4, -0.2) is 0 Å². The molecule has 0 aliphatic rings. The lowest BCUT2D eigenvalue weighted by atomic mass is 9.97. The van der Waals surface area contributed by atoms with E-state index in [4.69, 9.17) is 5.84 Å². The number of nitrogens with two attached hydrogens (primary N) is 1. The molecule has 1 heterocycles. The first-order valence-corrected chi connectivity index (χ1v) is 7.43. The molecular formula is C13H12BrF3N2S. The summed E-state index contributed by atoms with van der Waals surface area (Å²) >= 11 is 4.39. The van der Waals surface area contributed by atoms with Gasteiger partial charge in [0.1, 0.15) is 0 Å². The van der Waals surface area contributed by atoms with Crippen LogP contribution in [0.5, 0.6) is 0 Å². The van der Waals surface area contributed by atoms with Crippen LogP contribution in [0.25, 0.3) is 0 Å². The second-order valence-electron chi connectivity index (χ2n) is 4.36. The molecule has 2 rings (SSSR count). The molecule has 0 radical (unpaired) electrons. The Hall–Kier alpha value is -0.890. The SMILES string of the molecule is Cc1ccc(C(NN)c2cscc2C(F)(F)F)c(Br)c1. The van der Waals surface area contributed by atoms with Gasteiger partial charge in [-0.2, -0.15) is 24.5 Å². The van der Waals surface area contributed by atoms with Gasteiger partial charge in [0, 0.05) is 9.85 Å². The highest BCUT2D eigenvalue weighted by molar-refractivity contribution is 9.10. The second-order valence-corrected chi connectivity index (χ2v) is 5.96. The molecule has 2 aromatic rings. The van der Waals surface area contributed by atoms with Crippen LogP contribution in [0.4, 0.5) is 13.2 Å². The Labute approximate surface area is 126 Å². The summed E-state index contributed by atoms with van der Waals surface area (Å²) in [4.78, 5) is 0. The van der Waals surface area contributed by atoms with Crippen molar-refractivity contribution < 1.29 is 13.2 Å². The van der Waals surface area contributed by atoms with E-state index in [-0.39, 0.29) is 5.56 Å². The lowest BCUT2D eigenvalue weighted by Crippen LogP contribution is -2.30. The predicted octanol–water partition coefficient (Wildman–Crippen LogP) is 4.39. The third-order valence-electron chi connectivity index (χ3n) is 2.94. The van der Waals surface area contributed by atoms with Crippen molar-refractivity contribution in [3.05, 3.63) is 55.7 Å². The summed E-state index contributed by atoms with van der Waals surface area (Å²) < 4.78 is 39.7. The minimum atomic E-state index is -4.39. The van der Waals surface area contributed by atoms with E-state index >= 15 is 0 Å². The van der Waals surface area contributed by atoms with Crippen molar-refractivity contribution in [1.82, 2.24) is 5.43 Å². The van der Waals surface area contributed by atoms with Crippen LogP contribution in [-0.2, 0) is 6.18 Å². The molecule has 20 heavy (non-hydrogen) atoms. The van der Waals surface area contributed by atoms with E-state index in [2.05, 4.69) is 21.4 Å². The Morgan fingerprint density at radius 3 is 2.50 bits per heavy atom. The first-order chi connectivity index (χ1) is 9.34. The van der Waals surface area contributed by atoms with Gasteiger partial charge in [0.05, 0.1) is 11.6 Å². The van der Waals surface area contributed by atoms with E-state index in [0.29, 0.717) is 5.56 Å². The molecule has 0 aliphatic heterocycles. The number of aryl methyl sites for hydroxylation is 1. The maximum absolute atomic E-state index is 13.0. The van der Waals surface area contributed by atoms with Crippen LogP contribution >= 0.6 is 27.3 Å². The molecular weight excluding hydrogens is 353 g/mol. The summed E-state index contributed by atoms with van der Waals surface area (Å²) in [6.45, 7) is 1.91. The van der Waals surface area contributed by atoms with Crippen molar-refractivity contribution in [2.45, 2.75) is 19.1 Å². The third kappa shape index (κ3) is 3.06. The van der Waals surface area contributed by atoms with Gasteiger partial charge in [-0.05, 0) is 35.1 Å². The lowest BCUT2D eigenvalue weighted by molar-refractivity contribution is -0.138. The highest BCUT2D eigenvalue weighted by Crippen LogP contribution is 2.40. The summed E-state index contributed by atoms with van der Waals surface area (Å²) in [6, 6.07) is 4.73. The van der Waals surface area contributed by atoms with Gasteiger partial charge >= 0.3 is 6.18 Å². The van der Waals surface area contributed by atoms with Gasteiger partial charge in [0.2, 0.25) is 0 Å². The number of halogens is 4. The molecule has 0 amide bonds.